The fourth-order valence-corrected chi connectivity index (χ4v) is 10.4. The Kier molecular flexibility index (Phi) is 10.6. The second-order valence-electron chi connectivity index (χ2n) is 15.6. The van der Waals surface area contributed by atoms with Crippen molar-refractivity contribution in [1.29, 1.82) is 0 Å². The van der Waals surface area contributed by atoms with E-state index in [2.05, 4.69) is 19.2 Å². The van der Waals surface area contributed by atoms with Crippen molar-refractivity contribution in [2.75, 3.05) is 6.54 Å². The van der Waals surface area contributed by atoms with Gasteiger partial charge in [-0.2, -0.15) is 22.0 Å². The Morgan fingerprint density at radius 3 is 2.37 bits per heavy atom. The van der Waals surface area contributed by atoms with Crippen LogP contribution < -0.4 is 5.32 Å². The van der Waals surface area contributed by atoms with Gasteiger partial charge in [-0.05, 0) is 116 Å². The van der Waals surface area contributed by atoms with Gasteiger partial charge in [0.2, 0.25) is 0 Å². The highest BCUT2D eigenvalue weighted by molar-refractivity contribution is 5.94. The molecule has 0 unspecified atom stereocenters. The van der Waals surface area contributed by atoms with Crippen LogP contribution in [0, 0.1) is 40.4 Å². The number of rotatable bonds is 12. The van der Waals surface area contributed by atoms with Crippen molar-refractivity contribution < 1.29 is 36.6 Å². The molecule has 1 amide bonds. The normalized spacial score (nSPS) is 34.5. The lowest BCUT2D eigenvalue weighted by Crippen LogP contribution is -2.57. The van der Waals surface area contributed by atoms with E-state index in [0.29, 0.717) is 40.9 Å². The minimum absolute atomic E-state index is 0.0182. The van der Waals surface area contributed by atoms with Crippen molar-refractivity contribution in [2.45, 2.75) is 135 Å². The summed E-state index contributed by atoms with van der Waals surface area (Å²) >= 11 is 0. The van der Waals surface area contributed by atoms with E-state index in [1.54, 1.807) is 12.1 Å². The largest absolute Gasteiger partial charge is 0.453 e. The summed E-state index contributed by atoms with van der Waals surface area (Å²) in [7, 11) is 0. The topological polar surface area (TPSA) is 66.4 Å². The molecule has 1 aromatic carbocycles. The third kappa shape index (κ3) is 7.19. The van der Waals surface area contributed by atoms with Crippen LogP contribution in [-0.4, -0.2) is 41.5 Å². The number of aliphatic hydroxyl groups excluding tert-OH is 1. The van der Waals surface area contributed by atoms with E-state index in [9.17, 15) is 36.6 Å². The van der Waals surface area contributed by atoms with Crippen molar-refractivity contribution in [3.8, 4) is 0 Å². The Morgan fingerprint density at radius 2 is 1.65 bits per heavy atom. The molecule has 0 spiro atoms. The highest BCUT2D eigenvalue weighted by Gasteiger charge is 2.62. The third-order valence-electron chi connectivity index (χ3n) is 12.9. The highest BCUT2D eigenvalue weighted by atomic mass is 19.4. The Balaban J connectivity index is 1.07. The summed E-state index contributed by atoms with van der Waals surface area (Å²) < 4.78 is 62.9. The van der Waals surface area contributed by atoms with Gasteiger partial charge in [-0.25, -0.2) is 0 Å². The smallest absolute Gasteiger partial charge is 0.393 e. The van der Waals surface area contributed by atoms with Crippen LogP contribution in [0.4, 0.5) is 22.0 Å². The summed E-state index contributed by atoms with van der Waals surface area (Å²) in [4.78, 5) is 24.7. The summed E-state index contributed by atoms with van der Waals surface area (Å²) in [6.45, 7) is 4.59. The average molecular weight is 654 g/mol. The number of benzene rings is 1. The molecule has 2 N–H and O–H groups in total. The van der Waals surface area contributed by atoms with Crippen LogP contribution in [-0.2, 0) is 11.2 Å². The van der Waals surface area contributed by atoms with Gasteiger partial charge in [0.25, 0.3) is 5.91 Å². The number of aliphatic hydroxyl groups is 1. The van der Waals surface area contributed by atoms with E-state index >= 15 is 0 Å². The molecule has 0 heterocycles. The molecule has 4 aliphatic carbocycles. The van der Waals surface area contributed by atoms with E-state index < -0.39 is 30.8 Å². The zero-order chi connectivity index (χ0) is 33.3. The van der Waals surface area contributed by atoms with Crippen molar-refractivity contribution in [3.63, 3.8) is 0 Å². The molecule has 46 heavy (non-hydrogen) atoms. The van der Waals surface area contributed by atoms with Gasteiger partial charge in [-0.1, -0.05) is 51.7 Å². The Labute approximate surface area is 270 Å². The SMILES string of the molecule is C[C@]12CCC(=O)C[C@@H]1CC[C@@H]1[C@@H]2[C@@H](CCCCCCc2ccc(C(=O)NCCCC(F)(F)C(F)(F)F)cc2)C[C@]2(C)[C@@H](O)CC[C@@H]12. The van der Waals surface area contributed by atoms with E-state index in [1.807, 2.05) is 12.1 Å². The minimum Gasteiger partial charge on any atom is -0.393 e. The number of hydrogen-bond acceptors (Lipinski definition) is 3. The van der Waals surface area contributed by atoms with Crippen LogP contribution in [0.3, 0.4) is 0 Å². The maximum atomic E-state index is 13.0. The van der Waals surface area contributed by atoms with Crippen LogP contribution >= 0.6 is 0 Å². The predicted octanol–water partition coefficient (Wildman–Crippen LogP) is 9.09. The standard InChI is InChI=1S/C37H52F5NO3/c1-34-20-18-28(44)22-27(34)14-15-29-30-16-17-31(45)35(30,2)23-26(32(29)34)9-6-4-3-5-8-24-10-12-25(13-11-24)33(46)43-21-7-19-36(38,39)37(40,41)42/h10-13,26-27,29-32,45H,3-9,14-23H2,1-2H3,(H,43,46)/t26-,27-,29-,30-,31-,32-,34-,35-/m0/s1. The monoisotopic (exact) mass is 653 g/mol. The first-order valence-corrected chi connectivity index (χ1v) is 17.7. The average Bonchev–Trinajstić information content (AvgIpc) is 3.30. The van der Waals surface area contributed by atoms with Gasteiger partial charge >= 0.3 is 12.1 Å². The molecule has 5 rings (SSSR count). The molecule has 0 bridgehead atoms. The zero-order valence-electron chi connectivity index (χ0n) is 27.4. The highest BCUT2D eigenvalue weighted by Crippen LogP contribution is 2.68. The lowest BCUT2D eigenvalue weighted by atomic mass is 9.42. The van der Waals surface area contributed by atoms with E-state index in [1.165, 1.54) is 19.3 Å². The number of Topliss-reactive ketones (excluding diaryl/α,β-unsaturated/α-hetero) is 1. The van der Waals surface area contributed by atoms with Crippen molar-refractivity contribution in [3.05, 3.63) is 35.4 Å². The van der Waals surface area contributed by atoms with Crippen molar-refractivity contribution >= 4 is 11.7 Å². The quantitative estimate of drug-likeness (QED) is 0.175. The third-order valence-corrected chi connectivity index (χ3v) is 12.9. The number of unbranched alkanes of at least 4 members (excludes halogenated alkanes) is 3. The van der Waals surface area contributed by atoms with Gasteiger partial charge in [0, 0.05) is 31.4 Å². The first-order valence-electron chi connectivity index (χ1n) is 17.7. The van der Waals surface area contributed by atoms with Crippen LogP contribution in [0.5, 0.6) is 0 Å². The number of aryl methyl sites for hydroxylation is 1. The van der Waals surface area contributed by atoms with Gasteiger partial charge in [-0.3, -0.25) is 9.59 Å². The minimum atomic E-state index is -5.58. The summed E-state index contributed by atoms with van der Waals surface area (Å²) in [5, 5.41) is 13.5. The number of alkyl halides is 5. The summed E-state index contributed by atoms with van der Waals surface area (Å²) in [6.07, 6.45) is 6.95. The second-order valence-corrected chi connectivity index (χ2v) is 15.6. The molecule has 9 heteroatoms. The molecule has 1 aromatic rings. The van der Waals surface area contributed by atoms with E-state index in [0.717, 1.165) is 76.2 Å². The fourth-order valence-electron chi connectivity index (χ4n) is 10.4. The lowest BCUT2D eigenvalue weighted by Gasteiger charge is -2.62. The molecular weight excluding hydrogens is 601 g/mol. The fraction of sp³-hybridized carbons (Fsp3) is 0.784. The second kappa shape index (κ2) is 13.8. The molecule has 4 saturated carbocycles. The summed E-state index contributed by atoms with van der Waals surface area (Å²) in [5.74, 6) is -1.77. The number of carbonyl (C=O) groups excluding carboxylic acids is 2. The Bertz CT molecular complexity index is 1220. The molecule has 4 aliphatic rings. The molecule has 0 saturated heterocycles. The van der Waals surface area contributed by atoms with Crippen LogP contribution in [0.1, 0.15) is 126 Å². The van der Waals surface area contributed by atoms with Gasteiger partial charge in [0.15, 0.2) is 0 Å². The van der Waals surface area contributed by atoms with E-state index in [-0.39, 0.29) is 23.5 Å². The summed E-state index contributed by atoms with van der Waals surface area (Å²) in [5.41, 5.74) is 1.70. The number of nitrogens with one attached hydrogen (secondary N) is 1. The summed E-state index contributed by atoms with van der Waals surface area (Å²) in [6, 6.07) is 7.06. The Hall–Kier alpha value is -2.03. The van der Waals surface area contributed by atoms with Crippen molar-refractivity contribution in [2.24, 2.45) is 40.4 Å². The first-order chi connectivity index (χ1) is 21.7. The van der Waals surface area contributed by atoms with Gasteiger partial charge in [0.05, 0.1) is 6.10 Å². The first kappa shape index (κ1) is 35.3. The number of carbonyl (C=O) groups is 2. The number of amides is 1. The lowest BCUT2D eigenvalue weighted by molar-refractivity contribution is -0.284. The molecule has 8 atom stereocenters. The molecule has 0 aromatic heterocycles. The molecule has 4 nitrogen and oxygen atoms in total. The van der Waals surface area contributed by atoms with Gasteiger partial charge in [0.1, 0.15) is 5.78 Å². The molecule has 0 radical (unpaired) electrons. The maximum absolute atomic E-state index is 13.0. The molecule has 0 aliphatic heterocycles. The number of ketones is 1. The van der Waals surface area contributed by atoms with Gasteiger partial charge < -0.3 is 10.4 Å². The van der Waals surface area contributed by atoms with Crippen molar-refractivity contribution in [1.82, 2.24) is 5.32 Å². The van der Waals surface area contributed by atoms with Gasteiger partial charge in [-0.15, -0.1) is 0 Å². The Morgan fingerprint density at radius 1 is 0.935 bits per heavy atom. The predicted molar refractivity (Wildman–Crippen MR) is 167 cm³/mol. The number of hydrogen-bond donors (Lipinski definition) is 2. The number of fused-ring (bicyclic) bond motifs is 5. The molecule has 258 valence electrons. The van der Waals surface area contributed by atoms with Crippen LogP contribution in [0.25, 0.3) is 0 Å². The maximum Gasteiger partial charge on any atom is 0.453 e. The van der Waals surface area contributed by atoms with Crippen LogP contribution in [0.2, 0.25) is 0 Å². The van der Waals surface area contributed by atoms with Crippen LogP contribution in [0.15, 0.2) is 24.3 Å². The molecular formula is C37H52F5NO3. The zero-order valence-corrected chi connectivity index (χ0v) is 27.4. The van der Waals surface area contributed by atoms with E-state index in [4.69, 9.17) is 0 Å². The molecule has 4 fully saturated rings. The number of halogens is 5.